The lowest BCUT2D eigenvalue weighted by molar-refractivity contribution is 0.00200. The van der Waals surface area contributed by atoms with Crippen LogP contribution >= 0.6 is 23.1 Å². The molecule has 0 bridgehead atoms. The van der Waals surface area contributed by atoms with Crippen molar-refractivity contribution < 1.29 is 4.74 Å². The highest BCUT2D eigenvalue weighted by atomic mass is 32.2. The smallest absolute Gasteiger partial charge is 0.267 e. The van der Waals surface area contributed by atoms with E-state index in [-0.39, 0.29) is 11.7 Å². The first kappa shape index (κ1) is 23.1. The fourth-order valence-corrected chi connectivity index (χ4v) is 6.28. The van der Waals surface area contributed by atoms with Gasteiger partial charge >= 0.3 is 0 Å². The monoisotopic (exact) mass is 488 g/mol. The Kier molecular flexibility index (Phi) is 6.73. The number of nitrogens with zero attached hydrogens (tertiary/aromatic N) is 2. The highest BCUT2D eigenvalue weighted by Crippen LogP contribution is 2.36. The normalized spacial score (nSPS) is 15.9. The van der Waals surface area contributed by atoms with E-state index in [0.29, 0.717) is 12.5 Å². The molecule has 3 heterocycles. The van der Waals surface area contributed by atoms with Gasteiger partial charge in [0.05, 0.1) is 23.8 Å². The van der Waals surface area contributed by atoms with Crippen LogP contribution in [-0.2, 0) is 17.8 Å². The Hall–Kier alpha value is -2.67. The minimum absolute atomic E-state index is 0.0204. The highest BCUT2D eigenvalue weighted by molar-refractivity contribution is 7.99. The molecule has 0 fully saturated rings. The van der Waals surface area contributed by atoms with Crippen molar-refractivity contribution in [2.75, 3.05) is 5.75 Å². The van der Waals surface area contributed by atoms with E-state index in [4.69, 9.17) is 9.72 Å². The van der Waals surface area contributed by atoms with Crippen molar-refractivity contribution in [1.82, 2.24) is 9.55 Å². The van der Waals surface area contributed by atoms with Gasteiger partial charge in [0, 0.05) is 17.1 Å². The Morgan fingerprint density at radius 2 is 2.03 bits per heavy atom. The average molecular weight is 489 g/mol. The van der Waals surface area contributed by atoms with Crippen LogP contribution in [0.2, 0.25) is 0 Å². The summed E-state index contributed by atoms with van der Waals surface area (Å²) in [6.45, 7) is 6.95. The number of aryl methyl sites for hydroxylation is 1. The zero-order chi connectivity index (χ0) is 23.7. The van der Waals surface area contributed by atoms with Crippen LogP contribution in [0.3, 0.4) is 0 Å². The second kappa shape index (κ2) is 9.90. The summed E-state index contributed by atoms with van der Waals surface area (Å²) < 4.78 is 7.87. The molecule has 1 atom stereocenters. The molecule has 0 N–H and O–H groups in total. The van der Waals surface area contributed by atoms with E-state index in [9.17, 15) is 4.79 Å². The predicted molar refractivity (Wildman–Crippen MR) is 143 cm³/mol. The van der Waals surface area contributed by atoms with Crippen LogP contribution in [-0.4, -0.2) is 21.4 Å². The summed E-state index contributed by atoms with van der Waals surface area (Å²) in [6.07, 6.45) is 5.13. The van der Waals surface area contributed by atoms with Crippen molar-refractivity contribution in [2.24, 2.45) is 5.92 Å². The van der Waals surface area contributed by atoms with E-state index < -0.39 is 0 Å². The Morgan fingerprint density at radius 1 is 1.21 bits per heavy atom. The van der Waals surface area contributed by atoms with Gasteiger partial charge in [0.1, 0.15) is 4.83 Å². The number of rotatable bonds is 6. The molecule has 0 spiro atoms. The Morgan fingerprint density at radius 3 is 2.79 bits per heavy atom. The van der Waals surface area contributed by atoms with Gasteiger partial charge in [-0.1, -0.05) is 80.2 Å². The first-order chi connectivity index (χ1) is 16.5. The average Bonchev–Trinajstić information content (AvgIpc) is 3.20. The molecular weight excluding hydrogens is 460 g/mol. The summed E-state index contributed by atoms with van der Waals surface area (Å²) in [5.41, 5.74) is 4.29. The molecule has 5 rings (SSSR count). The first-order valence-corrected chi connectivity index (χ1v) is 13.4. The molecule has 2 aromatic carbocycles. The number of hydrogen-bond acceptors (Lipinski definition) is 5. The molecule has 4 nitrogen and oxygen atoms in total. The van der Waals surface area contributed by atoms with Crippen molar-refractivity contribution in [3.05, 3.63) is 92.6 Å². The van der Waals surface area contributed by atoms with E-state index in [2.05, 4.69) is 44.2 Å². The Balaban J connectivity index is 1.57. The zero-order valence-electron chi connectivity index (χ0n) is 19.7. The summed E-state index contributed by atoms with van der Waals surface area (Å²) in [7, 11) is 0. The van der Waals surface area contributed by atoms with Crippen molar-refractivity contribution in [1.29, 1.82) is 0 Å². The van der Waals surface area contributed by atoms with Crippen molar-refractivity contribution in [3.8, 4) is 5.69 Å². The number of benzene rings is 2. The maximum absolute atomic E-state index is 14.0. The zero-order valence-corrected chi connectivity index (χ0v) is 21.3. The molecule has 1 aliphatic rings. The number of hydrogen-bond donors (Lipinski definition) is 0. The van der Waals surface area contributed by atoms with Gasteiger partial charge in [-0.25, -0.2) is 4.98 Å². The molecule has 0 amide bonds. The predicted octanol–water partition coefficient (Wildman–Crippen LogP) is 6.66. The second-order valence-corrected chi connectivity index (χ2v) is 11.1. The van der Waals surface area contributed by atoms with Gasteiger partial charge in [0.25, 0.3) is 5.56 Å². The van der Waals surface area contributed by atoms with Crippen LogP contribution in [0.5, 0.6) is 0 Å². The van der Waals surface area contributed by atoms with Crippen LogP contribution in [0.1, 0.15) is 35.4 Å². The summed E-state index contributed by atoms with van der Waals surface area (Å²) >= 11 is 3.19. The van der Waals surface area contributed by atoms with Gasteiger partial charge in [-0.3, -0.25) is 9.36 Å². The van der Waals surface area contributed by atoms with Crippen LogP contribution in [0.25, 0.3) is 22.0 Å². The van der Waals surface area contributed by atoms with Gasteiger partial charge in [-0.2, -0.15) is 0 Å². The minimum Gasteiger partial charge on any atom is -0.372 e. The third kappa shape index (κ3) is 4.63. The van der Waals surface area contributed by atoms with Gasteiger partial charge in [0.15, 0.2) is 5.16 Å². The molecule has 6 heteroatoms. The molecule has 0 radical (unpaired) electrons. The number of thiophene rings is 1. The lowest BCUT2D eigenvalue weighted by Gasteiger charge is -2.26. The van der Waals surface area contributed by atoms with E-state index in [0.717, 1.165) is 54.8 Å². The minimum atomic E-state index is 0.0204. The van der Waals surface area contributed by atoms with Crippen molar-refractivity contribution in [3.63, 3.8) is 0 Å². The largest absolute Gasteiger partial charge is 0.372 e. The molecule has 174 valence electrons. The van der Waals surface area contributed by atoms with Crippen LogP contribution in [0.15, 0.2) is 70.6 Å². The first-order valence-electron chi connectivity index (χ1n) is 11.6. The van der Waals surface area contributed by atoms with E-state index >= 15 is 0 Å². The third-order valence-corrected chi connectivity index (χ3v) is 8.12. The standard InChI is InChI=1S/C28H28N2O2S2/c1-18(2)23-16-22-24(17-32-23)34-26-25(22)27(31)30(21-13-7-9-19(3)15-21)28(29-26)33-14-8-12-20-10-5-4-6-11-20/h4-13,15,18,23H,14,16-17H2,1-3H3/b12-8+. The number of thioether (sulfide) groups is 1. The van der Waals surface area contributed by atoms with E-state index in [1.165, 1.54) is 0 Å². The second-order valence-electron chi connectivity index (χ2n) is 8.98. The highest BCUT2D eigenvalue weighted by Gasteiger charge is 2.28. The summed E-state index contributed by atoms with van der Waals surface area (Å²) in [5.74, 6) is 1.13. The SMILES string of the molecule is Cc1cccc(-n2c(SC/C=C/c3ccccc3)nc3sc4c(c3c2=O)CC(C(C)C)OC4)c1. The molecule has 1 aliphatic heterocycles. The van der Waals surface area contributed by atoms with Gasteiger partial charge in [0.2, 0.25) is 0 Å². The lowest BCUT2D eigenvalue weighted by atomic mass is 9.96. The van der Waals surface area contributed by atoms with Gasteiger partial charge in [-0.05, 0) is 41.7 Å². The number of ether oxygens (including phenoxy) is 1. The van der Waals surface area contributed by atoms with E-state index in [1.807, 2.05) is 43.3 Å². The van der Waals surface area contributed by atoms with E-state index in [1.54, 1.807) is 27.7 Å². The van der Waals surface area contributed by atoms with Crippen molar-refractivity contribution in [2.45, 2.75) is 45.1 Å². The third-order valence-electron chi connectivity index (χ3n) is 6.13. The van der Waals surface area contributed by atoms with Crippen molar-refractivity contribution >= 4 is 39.4 Å². The van der Waals surface area contributed by atoms with Crippen LogP contribution in [0.4, 0.5) is 0 Å². The molecule has 0 saturated heterocycles. The van der Waals surface area contributed by atoms with Gasteiger partial charge < -0.3 is 4.74 Å². The lowest BCUT2D eigenvalue weighted by Crippen LogP contribution is -2.28. The maximum atomic E-state index is 14.0. The van der Waals surface area contributed by atoms with Crippen LogP contribution in [0, 0.1) is 12.8 Å². The molecule has 2 aromatic heterocycles. The van der Waals surface area contributed by atoms with Gasteiger partial charge in [-0.15, -0.1) is 11.3 Å². The summed E-state index contributed by atoms with van der Waals surface area (Å²) in [4.78, 5) is 21.0. The molecule has 0 aliphatic carbocycles. The quantitative estimate of drug-likeness (QED) is 0.225. The maximum Gasteiger partial charge on any atom is 0.267 e. The molecule has 0 saturated carbocycles. The molecular formula is C28H28N2O2S2. The van der Waals surface area contributed by atoms with Crippen LogP contribution < -0.4 is 5.56 Å². The summed E-state index contributed by atoms with van der Waals surface area (Å²) in [5, 5.41) is 1.49. The fourth-order valence-electron chi connectivity index (χ4n) is 4.30. The molecule has 34 heavy (non-hydrogen) atoms. The molecule has 4 aromatic rings. The number of fused-ring (bicyclic) bond motifs is 3. The fraction of sp³-hybridized carbons (Fsp3) is 0.286. The Labute approximate surface area is 208 Å². The summed E-state index contributed by atoms with van der Waals surface area (Å²) in [6, 6.07) is 18.3. The molecule has 1 unspecified atom stereocenters. The number of aromatic nitrogens is 2. The topological polar surface area (TPSA) is 44.1 Å². The Bertz CT molecular complexity index is 1400.